The van der Waals surface area contributed by atoms with Gasteiger partial charge in [0.05, 0.1) is 7.11 Å². The van der Waals surface area contributed by atoms with Crippen LogP contribution in [0.1, 0.15) is 19.4 Å². The fourth-order valence-electron chi connectivity index (χ4n) is 1.48. The third-order valence-corrected chi connectivity index (χ3v) is 2.97. The van der Waals surface area contributed by atoms with Gasteiger partial charge in [-0.05, 0) is 44.5 Å². The van der Waals surface area contributed by atoms with Crippen LogP contribution in [-0.4, -0.2) is 24.1 Å². The van der Waals surface area contributed by atoms with Crippen LogP contribution in [0.15, 0.2) is 23.4 Å². The second-order valence-corrected chi connectivity index (χ2v) is 4.75. The highest BCUT2D eigenvalue weighted by molar-refractivity contribution is 6.11. The van der Waals surface area contributed by atoms with Gasteiger partial charge in [0.2, 0.25) is 5.91 Å². The van der Waals surface area contributed by atoms with Crippen molar-refractivity contribution in [1.82, 2.24) is 0 Å². The van der Waals surface area contributed by atoms with Gasteiger partial charge in [-0.25, -0.2) is 0 Å². The van der Waals surface area contributed by atoms with Crippen molar-refractivity contribution >= 4 is 17.4 Å². The molecule has 0 saturated heterocycles. The molecule has 0 spiro atoms. The molecule has 0 aliphatic rings. The zero-order valence-electron chi connectivity index (χ0n) is 11.5. The van der Waals surface area contributed by atoms with Crippen molar-refractivity contribution in [2.45, 2.75) is 20.8 Å². The third-order valence-electron chi connectivity index (χ3n) is 2.97. The van der Waals surface area contributed by atoms with Crippen molar-refractivity contribution in [2.24, 2.45) is 16.3 Å². The van der Waals surface area contributed by atoms with Gasteiger partial charge in [-0.2, -0.15) is 0 Å². The zero-order valence-corrected chi connectivity index (χ0v) is 11.5. The summed E-state index contributed by atoms with van der Waals surface area (Å²) in [5, 5.41) is 14.3. The van der Waals surface area contributed by atoms with Gasteiger partial charge in [0.15, 0.2) is 5.84 Å². The van der Waals surface area contributed by atoms with Crippen LogP contribution in [0.5, 0.6) is 5.75 Å². The Hall–Kier alpha value is -2.24. The van der Waals surface area contributed by atoms with Gasteiger partial charge in [0, 0.05) is 5.69 Å². The summed E-state index contributed by atoms with van der Waals surface area (Å²) < 4.78 is 5.14. The molecule has 1 rings (SSSR count). The highest BCUT2D eigenvalue weighted by Crippen LogP contribution is 2.24. The Kier molecular flexibility index (Phi) is 4.37. The fraction of sp³-hybridized carbons (Fsp3) is 0.385. The topological polar surface area (TPSA) is 96.9 Å². The maximum absolute atomic E-state index is 12.1. The number of carbonyl (C=O) groups is 1. The van der Waals surface area contributed by atoms with Crippen molar-refractivity contribution in [2.75, 3.05) is 12.4 Å². The second kappa shape index (κ2) is 5.60. The van der Waals surface area contributed by atoms with E-state index in [2.05, 4.69) is 10.5 Å². The van der Waals surface area contributed by atoms with Crippen LogP contribution in [0, 0.1) is 12.3 Å². The van der Waals surface area contributed by atoms with Crippen LogP contribution in [0.2, 0.25) is 0 Å². The van der Waals surface area contributed by atoms with Gasteiger partial charge < -0.3 is 21.0 Å². The van der Waals surface area contributed by atoms with E-state index in [1.807, 2.05) is 6.92 Å². The van der Waals surface area contributed by atoms with Crippen LogP contribution in [-0.2, 0) is 4.79 Å². The quantitative estimate of drug-likeness (QED) is 0.334. The number of hydrogen-bond acceptors (Lipinski definition) is 4. The molecule has 1 aromatic rings. The van der Waals surface area contributed by atoms with E-state index in [4.69, 9.17) is 15.7 Å². The molecule has 0 heterocycles. The van der Waals surface area contributed by atoms with Gasteiger partial charge in [0.25, 0.3) is 0 Å². The highest BCUT2D eigenvalue weighted by Gasteiger charge is 2.32. The van der Waals surface area contributed by atoms with Crippen molar-refractivity contribution in [3.63, 3.8) is 0 Å². The van der Waals surface area contributed by atoms with Gasteiger partial charge in [-0.1, -0.05) is 5.16 Å². The van der Waals surface area contributed by atoms with Crippen molar-refractivity contribution < 1.29 is 14.7 Å². The largest absolute Gasteiger partial charge is 0.496 e. The number of nitrogens with zero attached hydrogens (tertiary/aromatic N) is 1. The molecule has 104 valence electrons. The standard InChI is InChI=1S/C13H19N3O3/c1-8-7-9(5-6-10(8)19-4)15-12(17)13(2,3)11(14)16-18/h5-7,18H,1-4H3,(H2,14,16)(H,15,17). The maximum Gasteiger partial charge on any atom is 0.237 e. The number of carbonyl (C=O) groups excluding carboxylic acids is 1. The number of amides is 1. The first kappa shape index (κ1) is 14.8. The Balaban J connectivity index is 2.91. The molecule has 0 bridgehead atoms. The normalized spacial score (nSPS) is 12.1. The fourth-order valence-corrected chi connectivity index (χ4v) is 1.48. The molecule has 19 heavy (non-hydrogen) atoms. The summed E-state index contributed by atoms with van der Waals surface area (Å²) in [6.45, 7) is 5.03. The molecule has 1 aromatic carbocycles. The van der Waals surface area contributed by atoms with Crippen LogP contribution >= 0.6 is 0 Å². The molecule has 0 saturated carbocycles. The Morgan fingerprint density at radius 1 is 1.47 bits per heavy atom. The SMILES string of the molecule is COc1ccc(NC(=O)C(C)(C)C(N)=NO)cc1C. The molecule has 0 fully saturated rings. The van der Waals surface area contributed by atoms with E-state index in [-0.39, 0.29) is 11.7 Å². The molecule has 1 amide bonds. The third kappa shape index (κ3) is 3.15. The number of anilines is 1. The lowest BCUT2D eigenvalue weighted by Crippen LogP contribution is -2.42. The number of aryl methyl sites for hydroxylation is 1. The number of rotatable bonds is 4. The maximum atomic E-state index is 12.1. The predicted molar refractivity (Wildman–Crippen MR) is 73.6 cm³/mol. The van der Waals surface area contributed by atoms with E-state index in [1.54, 1.807) is 39.2 Å². The van der Waals surface area contributed by atoms with E-state index in [0.717, 1.165) is 11.3 Å². The molecule has 0 aliphatic carbocycles. The van der Waals surface area contributed by atoms with Crippen LogP contribution in [0.25, 0.3) is 0 Å². The van der Waals surface area contributed by atoms with E-state index < -0.39 is 5.41 Å². The molecule has 0 aromatic heterocycles. The van der Waals surface area contributed by atoms with Crippen molar-refractivity contribution in [3.05, 3.63) is 23.8 Å². The van der Waals surface area contributed by atoms with Gasteiger partial charge >= 0.3 is 0 Å². The number of benzene rings is 1. The summed E-state index contributed by atoms with van der Waals surface area (Å²) in [7, 11) is 1.59. The minimum absolute atomic E-state index is 0.143. The Morgan fingerprint density at radius 3 is 2.58 bits per heavy atom. The molecule has 4 N–H and O–H groups in total. The molecule has 6 nitrogen and oxygen atoms in total. The number of amidine groups is 1. The minimum atomic E-state index is -1.09. The van der Waals surface area contributed by atoms with Gasteiger partial charge in [0.1, 0.15) is 11.2 Å². The Bertz CT molecular complexity index is 510. The van der Waals surface area contributed by atoms with Crippen LogP contribution in [0.3, 0.4) is 0 Å². The number of hydrogen-bond donors (Lipinski definition) is 3. The smallest absolute Gasteiger partial charge is 0.237 e. The summed E-state index contributed by atoms with van der Waals surface area (Å²) in [6.07, 6.45) is 0. The Morgan fingerprint density at radius 2 is 2.11 bits per heavy atom. The highest BCUT2D eigenvalue weighted by atomic mass is 16.5. The lowest BCUT2D eigenvalue weighted by molar-refractivity contribution is -0.121. The monoisotopic (exact) mass is 265 g/mol. The zero-order chi connectivity index (χ0) is 14.6. The molecular formula is C13H19N3O3. The summed E-state index contributed by atoms with van der Waals surface area (Å²) in [4.78, 5) is 12.1. The molecule has 6 heteroatoms. The van der Waals surface area contributed by atoms with E-state index in [0.29, 0.717) is 5.69 Å². The van der Waals surface area contributed by atoms with E-state index >= 15 is 0 Å². The van der Waals surface area contributed by atoms with Gasteiger partial charge in [-0.15, -0.1) is 0 Å². The molecule has 0 atom stereocenters. The summed E-state index contributed by atoms with van der Waals surface area (Å²) in [6, 6.07) is 5.28. The lowest BCUT2D eigenvalue weighted by Gasteiger charge is -2.22. The Labute approximate surface area is 112 Å². The molecule has 0 aliphatic heterocycles. The molecular weight excluding hydrogens is 246 g/mol. The second-order valence-electron chi connectivity index (χ2n) is 4.75. The summed E-state index contributed by atoms with van der Waals surface area (Å²) in [5.41, 5.74) is 5.94. The number of methoxy groups -OCH3 is 1. The average Bonchev–Trinajstić information content (AvgIpc) is 2.37. The minimum Gasteiger partial charge on any atom is -0.496 e. The van der Waals surface area contributed by atoms with Crippen molar-refractivity contribution in [1.29, 1.82) is 0 Å². The predicted octanol–water partition coefficient (Wildman–Crippen LogP) is 1.71. The lowest BCUT2D eigenvalue weighted by atomic mass is 9.91. The van der Waals surface area contributed by atoms with E-state index in [9.17, 15) is 4.79 Å². The number of nitrogens with one attached hydrogen (secondary N) is 1. The van der Waals surface area contributed by atoms with Crippen molar-refractivity contribution in [3.8, 4) is 5.75 Å². The average molecular weight is 265 g/mol. The van der Waals surface area contributed by atoms with Gasteiger partial charge in [-0.3, -0.25) is 4.79 Å². The van der Waals surface area contributed by atoms with Crippen LogP contribution in [0.4, 0.5) is 5.69 Å². The summed E-state index contributed by atoms with van der Waals surface area (Å²) in [5.74, 6) is 0.247. The van der Waals surface area contributed by atoms with E-state index in [1.165, 1.54) is 0 Å². The first-order chi connectivity index (χ1) is 8.82. The number of nitrogens with two attached hydrogens (primary N) is 1. The van der Waals surface area contributed by atoms with Crippen LogP contribution < -0.4 is 15.8 Å². The first-order valence-electron chi connectivity index (χ1n) is 5.77. The molecule has 0 unspecified atom stereocenters. The number of oxime groups is 1. The summed E-state index contributed by atoms with van der Waals surface area (Å²) >= 11 is 0. The number of ether oxygens (including phenoxy) is 1. The molecule has 0 radical (unpaired) electrons. The first-order valence-corrected chi connectivity index (χ1v) is 5.77.